The predicted octanol–water partition coefficient (Wildman–Crippen LogP) is 2.14. The molecule has 1 aliphatic heterocycles. The Bertz CT molecular complexity index is 494. The minimum atomic E-state index is 0.266. The summed E-state index contributed by atoms with van der Waals surface area (Å²) in [5.41, 5.74) is 2.43. The average molecular weight is 288 g/mol. The number of benzene rings is 1. The van der Waals surface area contributed by atoms with Crippen molar-refractivity contribution < 1.29 is 9.53 Å². The number of carbonyl (C=O) groups is 1. The number of hydrogen-bond donors (Lipinski definition) is 0. The van der Waals surface area contributed by atoms with E-state index in [1.165, 1.54) is 11.3 Å². The highest BCUT2D eigenvalue weighted by Crippen LogP contribution is 2.39. The zero-order valence-corrected chi connectivity index (χ0v) is 12.9. The molecule has 0 bridgehead atoms. The van der Waals surface area contributed by atoms with Crippen LogP contribution in [0.1, 0.15) is 18.9 Å². The van der Waals surface area contributed by atoms with Crippen LogP contribution in [0.3, 0.4) is 0 Å². The van der Waals surface area contributed by atoms with Gasteiger partial charge in [0.05, 0.1) is 13.2 Å². The number of morpholine rings is 1. The van der Waals surface area contributed by atoms with Gasteiger partial charge >= 0.3 is 0 Å². The van der Waals surface area contributed by atoms with Crippen molar-refractivity contribution in [1.82, 2.24) is 4.90 Å². The smallest absolute Gasteiger partial charge is 0.226 e. The van der Waals surface area contributed by atoms with E-state index >= 15 is 0 Å². The van der Waals surface area contributed by atoms with Crippen LogP contribution in [0.4, 0.5) is 5.69 Å². The summed E-state index contributed by atoms with van der Waals surface area (Å²) < 4.78 is 5.38. The van der Waals surface area contributed by atoms with Gasteiger partial charge in [-0.3, -0.25) is 4.79 Å². The van der Waals surface area contributed by atoms with Gasteiger partial charge < -0.3 is 14.5 Å². The van der Waals surface area contributed by atoms with E-state index in [4.69, 9.17) is 4.74 Å². The Morgan fingerprint density at radius 3 is 2.48 bits per heavy atom. The van der Waals surface area contributed by atoms with Crippen LogP contribution in [0.5, 0.6) is 0 Å². The van der Waals surface area contributed by atoms with Crippen molar-refractivity contribution in [3.8, 4) is 0 Å². The first-order valence-corrected chi connectivity index (χ1v) is 7.82. The topological polar surface area (TPSA) is 32.8 Å². The molecule has 0 spiro atoms. The lowest BCUT2D eigenvalue weighted by Crippen LogP contribution is -2.36. The summed E-state index contributed by atoms with van der Waals surface area (Å²) in [5.74, 6) is 1.13. The van der Waals surface area contributed by atoms with Crippen molar-refractivity contribution in [2.45, 2.75) is 19.9 Å². The second kappa shape index (κ2) is 6.06. The predicted molar refractivity (Wildman–Crippen MR) is 83.2 cm³/mol. The van der Waals surface area contributed by atoms with Gasteiger partial charge in [-0.15, -0.1) is 0 Å². The molecular weight excluding hydrogens is 264 g/mol. The van der Waals surface area contributed by atoms with Gasteiger partial charge in [-0.2, -0.15) is 0 Å². The molecule has 2 fully saturated rings. The molecule has 1 amide bonds. The number of amides is 1. The molecule has 1 aromatic carbocycles. The molecular formula is C17H24N2O2. The lowest BCUT2D eigenvalue weighted by Gasteiger charge is -2.29. The highest BCUT2D eigenvalue weighted by molar-refractivity contribution is 5.81. The van der Waals surface area contributed by atoms with Crippen molar-refractivity contribution in [1.29, 1.82) is 0 Å². The van der Waals surface area contributed by atoms with Gasteiger partial charge in [0.15, 0.2) is 0 Å². The fourth-order valence-electron chi connectivity index (χ4n) is 2.93. The maximum absolute atomic E-state index is 12.1. The minimum Gasteiger partial charge on any atom is -0.378 e. The normalized spacial score (nSPS) is 24.8. The summed E-state index contributed by atoms with van der Waals surface area (Å²) in [6.07, 6.45) is 1.05. The van der Waals surface area contributed by atoms with Gasteiger partial charge in [-0.05, 0) is 30.0 Å². The second-order valence-corrected chi connectivity index (χ2v) is 6.28. The van der Waals surface area contributed by atoms with Crippen LogP contribution >= 0.6 is 0 Å². The quantitative estimate of drug-likeness (QED) is 0.851. The molecule has 1 aliphatic carbocycles. The summed E-state index contributed by atoms with van der Waals surface area (Å²) in [7, 11) is 1.91. The number of anilines is 1. The maximum Gasteiger partial charge on any atom is 0.226 e. The molecule has 2 atom stereocenters. The molecule has 3 rings (SSSR count). The molecule has 4 nitrogen and oxygen atoms in total. The van der Waals surface area contributed by atoms with Gasteiger partial charge in [0.25, 0.3) is 0 Å². The third-order valence-electron chi connectivity index (χ3n) is 4.54. The average Bonchev–Trinajstić information content (AvgIpc) is 3.25. The Morgan fingerprint density at radius 1 is 1.29 bits per heavy atom. The molecule has 0 radical (unpaired) electrons. The first kappa shape index (κ1) is 14.4. The van der Waals surface area contributed by atoms with E-state index in [0.29, 0.717) is 18.4 Å². The van der Waals surface area contributed by atoms with Crippen molar-refractivity contribution in [3.05, 3.63) is 29.8 Å². The highest BCUT2D eigenvalue weighted by atomic mass is 16.5. The fraction of sp³-hybridized carbons (Fsp3) is 0.588. The number of hydrogen-bond acceptors (Lipinski definition) is 3. The van der Waals surface area contributed by atoms with E-state index in [0.717, 1.165) is 32.7 Å². The zero-order chi connectivity index (χ0) is 14.8. The highest BCUT2D eigenvalue weighted by Gasteiger charge is 2.40. The van der Waals surface area contributed by atoms with E-state index in [2.05, 4.69) is 36.1 Å². The monoisotopic (exact) mass is 288 g/mol. The second-order valence-electron chi connectivity index (χ2n) is 6.28. The number of carbonyl (C=O) groups excluding carboxylic acids is 1. The first-order chi connectivity index (χ1) is 10.1. The molecule has 0 aromatic heterocycles. The van der Waals surface area contributed by atoms with Crippen LogP contribution in [-0.2, 0) is 16.1 Å². The summed E-state index contributed by atoms with van der Waals surface area (Å²) in [6.45, 7) is 6.37. The van der Waals surface area contributed by atoms with E-state index in [9.17, 15) is 4.79 Å². The summed E-state index contributed by atoms with van der Waals surface area (Å²) >= 11 is 0. The Morgan fingerprint density at radius 2 is 1.90 bits per heavy atom. The zero-order valence-electron chi connectivity index (χ0n) is 12.9. The first-order valence-electron chi connectivity index (χ1n) is 7.82. The SMILES string of the molecule is CC1CC1C(=O)N(C)Cc1ccc(N2CCOCC2)cc1. The molecule has 1 aromatic rings. The Kier molecular flexibility index (Phi) is 4.15. The molecule has 1 saturated carbocycles. The van der Waals surface area contributed by atoms with Crippen LogP contribution in [0, 0.1) is 11.8 Å². The van der Waals surface area contributed by atoms with Gasteiger partial charge in [-0.1, -0.05) is 19.1 Å². The standard InChI is InChI=1S/C17H24N2O2/c1-13-11-16(13)17(20)18(2)12-14-3-5-15(6-4-14)19-7-9-21-10-8-19/h3-6,13,16H,7-12H2,1-2H3. The Hall–Kier alpha value is -1.55. The summed E-state index contributed by atoms with van der Waals surface area (Å²) in [5, 5.41) is 0. The largest absolute Gasteiger partial charge is 0.378 e. The third-order valence-corrected chi connectivity index (χ3v) is 4.54. The van der Waals surface area contributed by atoms with Crippen molar-refractivity contribution in [2.75, 3.05) is 38.3 Å². The van der Waals surface area contributed by atoms with Crippen molar-refractivity contribution in [3.63, 3.8) is 0 Å². The van der Waals surface area contributed by atoms with Crippen LogP contribution in [0.2, 0.25) is 0 Å². The van der Waals surface area contributed by atoms with Crippen molar-refractivity contribution in [2.24, 2.45) is 11.8 Å². The van der Waals surface area contributed by atoms with Crippen LogP contribution in [0.15, 0.2) is 24.3 Å². The minimum absolute atomic E-state index is 0.266. The third kappa shape index (κ3) is 3.38. The van der Waals surface area contributed by atoms with E-state index < -0.39 is 0 Å². The number of nitrogens with zero attached hydrogens (tertiary/aromatic N) is 2. The fourth-order valence-corrected chi connectivity index (χ4v) is 2.93. The molecule has 1 heterocycles. The van der Waals surface area contributed by atoms with Gasteiger partial charge in [0.2, 0.25) is 5.91 Å². The molecule has 2 unspecified atom stereocenters. The van der Waals surface area contributed by atoms with Gasteiger partial charge in [0, 0.05) is 38.3 Å². The van der Waals surface area contributed by atoms with Crippen LogP contribution in [-0.4, -0.2) is 44.2 Å². The molecule has 4 heteroatoms. The Labute approximate surface area is 126 Å². The van der Waals surface area contributed by atoms with E-state index in [1.54, 1.807) is 0 Å². The molecule has 1 saturated heterocycles. The van der Waals surface area contributed by atoms with Crippen LogP contribution in [0.25, 0.3) is 0 Å². The summed E-state index contributed by atoms with van der Waals surface area (Å²) in [4.78, 5) is 16.3. The lowest BCUT2D eigenvalue weighted by atomic mass is 10.1. The molecule has 21 heavy (non-hydrogen) atoms. The van der Waals surface area contributed by atoms with Gasteiger partial charge in [0.1, 0.15) is 0 Å². The Balaban J connectivity index is 1.57. The number of rotatable bonds is 4. The van der Waals surface area contributed by atoms with E-state index in [1.807, 2.05) is 11.9 Å². The molecule has 114 valence electrons. The summed E-state index contributed by atoms with van der Waals surface area (Å²) in [6, 6.07) is 8.56. The van der Waals surface area contributed by atoms with E-state index in [-0.39, 0.29) is 5.92 Å². The van der Waals surface area contributed by atoms with Crippen LogP contribution < -0.4 is 4.90 Å². The van der Waals surface area contributed by atoms with Crippen molar-refractivity contribution >= 4 is 11.6 Å². The molecule has 0 N–H and O–H groups in total. The number of ether oxygens (including phenoxy) is 1. The molecule has 2 aliphatic rings. The van der Waals surface area contributed by atoms with Gasteiger partial charge in [-0.25, -0.2) is 0 Å². The lowest BCUT2D eigenvalue weighted by molar-refractivity contribution is -0.132. The maximum atomic E-state index is 12.1.